The molecule has 0 saturated carbocycles. The van der Waals surface area contributed by atoms with Crippen molar-refractivity contribution in [1.29, 1.82) is 5.26 Å². The average molecular weight is 385 g/mol. The van der Waals surface area contributed by atoms with Crippen LogP contribution in [0.25, 0.3) is 16.5 Å². The van der Waals surface area contributed by atoms with Gasteiger partial charge in [-0.15, -0.1) is 0 Å². The van der Waals surface area contributed by atoms with Crippen LogP contribution in [0, 0.1) is 11.3 Å². The maximum Gasteiger partial charge on any atom is 0.306 e. The van der Waals surface area contributed by atoms with Crippen molar-refractivity contribution in [1.82, 2.24) is 10.3 Å². The number of rotatable bonds is 5. The highest BCUT2D eigenvalue weighted by Gasteiger charge is 2.31. The second kappa shape index (κ2) is 7.72. The first-order valence-electron chi connectivity index (χ1n) is 8.67. The number of aromatic nitrogens is 1. The van der Waals surface area contributed by atoms with Crippen molar-refractivity contribution in [3.05, 3.63) is 47.7 Å². The van der Waals surface area contributed by atoms with E-state index in [1.54, 1.807) is 24.3 Å². The van der Waals surface area contributed by atoms with Crippen LogP contribution in [-0.2, 0) is 4.79 Å². The van der Waals surface area contributed by atoms with Crippen LogP contribution >= 0.6 is 0 Å². The summed E-state index contributed by atoms with van der Waals surface area (Å²) in [4.78, 5) is 27.3. The summed E-state index contributed by atoms with van der Waals surface area (Å²) < 4.78 is 26.8. The minimum atomic E-state index is -2.68. The van der Waals surface area contributed by atoms with Crippen molar-refractivity contribution >= 4 is 28.4 Å². The van der Waals surface area contributed by atoms with Crippen LogP contribution in [0.15, 0.2) is 36.5 Å². The summed E-state index contributed by atoms with van der Waals surface area (Å²) in [6.07, 6.45) is 2.08. The van der Waals surface area contributed by atoms with Crippen molar-refractivity contribution in [2.24, 2.45) is 0 Å². The van der Waals surface area contributed by atoms with Crippen molar-refractivity contribution in [2.45, 2.75) is 37.6 Å². The Balaban J connectivity index is 1.87. The molecule has 2 aromatic rings. The number of allylic oxidation sites excluding steroid dienone is 2. The summed E-state index contributed by atoms with van der Waals surface area (Å²) in [5.74, 6) is -4.48. The van der Waals surface area contributed by atoms with Gasteiger partial charge in [-0.2, -0.15) is 5.26 Å². The number of aliphatic carboxylic acids is 1. The Morgan fingerprint density at radius 3 is 2.82 bits per heavy atom. The molecule has 2 N–H and O–H groups in total. The fourth-order valence-corrected chi connectivity index (χ4v) is 3.13. The van der Waals surface area contributed by atoms with Crippen molar-refractivity contribution < 1.29 is 23.5 Å². The van der Waals surface area contributed by atoms with Crippen LogP contribution in [-0.4, -0.2) is 33.9 Å². The number of halogens is 2. The molecule has 8 heteroatoms. The van der Waals surface area contributed by atoms with E-state index in [-0.39, 0.29) is 24.8 Å². The van der Waals surface area contributed by atoms with Crippen molar-refractivity contribution in [3.63, 3.8) is 0 Å². The van der Waals surface area contributed by atoms with Crippen LogP contribution in [0.5, 0.6) is 0 Å². The molecule has 0 bridgehead atoms. The van der Waals surface area contributed by atoms with E-state index in [1.165, 1.54) is 12.3 Å². The first kappa shape index (κ1) is 19.4. The van der Waals surface area contributed by atoms with Crippen LogP contribution < -0.4 is 5.32 Å². The quantitative estimate of drug-likeness (QED) is 0.820. The standard InChI is InChI=1S/C20H17F2N3O3/c21-20(22)6-4-12(5-7-20)16-3-1-2-13-8-14(11-24-18(13)16)19(28)25-15(10-23)9-17(26)27/h1-4,8,11,15H,5-7,9H2,(H,25,28)(H,26,27)/t15-/m1/s1. The molecule has 1 aliphatic rings. The lowest BCUT2D eigenvalue weighted by molar-refractivity contribution is -0.137. The predicted molar refractivity (Wildman–Crippen MR) is 97.6 cm³/mol. The van der Waals surface area contributed by atoms with Gasteiger partial charge in [0.25, 0.3) is 11.8 Å². The minimum Gasteiger partial charge on any atom is -0.481 e. The van der Waals surface area contributed by atoms with Gasteiger partial charge in [0.15, 0.2) is 0 Å². The SMILES string of the molecule is N#C[C@@H](CC(=O)O)NC(=O)c1cnc2c(C3=CCC(F)(F)CC3)cccc2c1. The number of hydrogen-bond acceptors (Lipinski definition) is 4. The van der Waals surface area contributed by atoms with Crippen LogP contribution in [0.3, 0.4) is 0 Å². The fourth-order valence-electron chi connectivity index (χ4n) is 3.13. The number of nitrogens with one attached hydrogen (secondary N) is 1. The predicted octanol–water partition coefficient (Wildman–Crippen LogP) is 3.53. The Morgan fingerprint density at radius 2 is 2.18 bits per heavy atom. The summed E-state index contributed by atoms with van der Waals surface area (Å²) >= 11 is 0. The second-order valence-electron chi connectivity index (χ2n) is 6.64. The number of nitrogens with zero attached hydrogens (tertiary/aromatic N) is 2. The smallest absolute Gasteiger partial charge is 0.306 e. The molecule has 1 aromatic carbocycles. The molecular formula is C20H17F2N3O3. The number of amides is 1. The molecule has 0 fully saturated rings. The maximum atomic E-state index is 13.4. The van der Waals surface area contributed by atoms with Gasteiger partial charge in [-0.3, -0.25) is 14.6 Å². The molecule has 0 radical (unpaired) electrons. The molecule has 0 saturated heterocycles. The van der Waals surface area contributed by atoms with E-state index < -0.39 is 30.3 Å². The first-order valence-corrected chi connectivity index (χ1v) is 8.67. The molecule has 0 spiro atoms. The molecule has 0 unspecified atom stereocenters. The van der Waals surface area contributed by atoms with Gasteiger partial charge in [0.1, 0.15) is 6.04 Å². The molecule has 6 nitrogen and oxygen atoms in total. The summed E-state index contributed by atoms with van der Waals surface area (Å²) in [7, 11) is 0. The Kier molecular flexibility index (Phi) is 5.36. The number of fused-ring (bicyclic) bond motifs is 1. The second-order valence-corrected chi connectivity index (χ2v) is 6.64. The molecule has 3 rings (SSSR count). The number of alkyl halides is 2. The Bertz CT molecular complexity index is 1010. The molecule has 28 heavy (non-hydrogen) atoms. The number of hydrogen-bond donors (Lipinski definition) is 2. The van der Waals surface area contributed by atoms with Crippen LogP contribution in [0.2, 0.25) is 0 Å². The number of benzene rings is 1. The lowest BCUT2D eigenvalue weighted by Crippen LogP contribution is -2.35. The zero-order valence-electron chi connectivity index (χ0n) is 14.8. The van der Waals surface area contributed by atoms with E-state index in [4.69, 9.17) is 10.4 Å². The lowest BCUT2D eigenvalue weighted by Gasteiger charge is -2.22. The van der Waals surface area contributed by atoms with E-state index in [2.05, 4.69) is 10.3 Å². The first-order chi connectivity index (χ1) is 13.3. The molecule has 1 aliphatic carbocycles. The topological polar surface area (TPSA) is 103 Å². The molecular weight excluding hydrogens is 368 g/mol. The third-order valence-corrected chi connectivity index (χ3v) is 4.57. The Labute approximate surface area is 159 Å². The minimum absolute atomic E-state index is 0.180. The van der Waals surface area contributed by atoms with Gasteiger partial charge < -0.3 is 10.4 Å². The van der Waals surface area contributed by atoms with Gasteiger partial charge in [0.2, 0.25) is 0 Å². The number of carbonyl (C=O) groups is 2. The summed E-state index contributed by atoms with van der Waals surface area (Å²) in [6, 6.07) is 7.47. The lowest BCUT2D eigenvalue weighted by atomic mass is 9.90. The summed E-state index contributed by atoms with van der Waals surface area (Å²) in [6.45, 7) is 0. The van der Waals surface area contributed by atoms with Gasteiger partial charge in [-0.25, -0.2) is 8.78 Å². The summed E-state index contributed by atoms with van der Waals surface area (Å²) in [5.41, 5.74) is 2.32. The third-order valence-electron chi connectivity index (χ3n) is 4.57. The molecule has 1 atom stereocenters. The van der Waals surface area contributed by atoms with Crippen molar-refractivity contribution in [3.8, 4) is 6.07 Å². The van der Waals surface area contributed by atoms with E-state index in [0.29, 0.717) is 10.9 Å². The Hall–Kier alpha value is -3.34. The largest absolute Gasteiger partial charge is 0.481 e. The highest BCUT2D eigenvalue weighted by Crippen LogP contribution is 2.37. The molecule has 144 valence electrons. The highest BCUT2D eigenvalue weighted by molar-refractivity contribution is 5.99. The summed E-state index contributed by atoms with van der Waals surface area (Å²) in [5, 5.41) is 20.7. The fraction of sp³-hybridized carbons (Fsp3) is 0.300. The van der Waals surface area contributed by atoms with E-state index in [1.807, 2.05) is 6.07 Å². The number of nitriles is 1. The molecule has 1 amide bonds. The van der Waals surface area contributed by atoms with Gasteiger partial charge in [-0.1, -0.05) is 24.3 Å². The zero-order valence-corrected chi connectivity index (χ0v) is 14.8. The highest BCUT2D eigenvalue weighted by atomic mass is 19.3. The monoisotopic (exact) mass is 385 g/mol. The van der Waals surface area contributed by atoms with Crippen LogP contribution in [0.1, 0.15) is 41.6 Å². The number of carbonyl (C=O) groups excluding carboxylic acids is 1. The van der Waals surface area contributed by atoms with Crippen molar-refractivity contribution in [2.75, 3.05) is 0 Å². The molecule has 1 aromatic heterocycles. The van der Waals surface area contributed by atoms with Crippen LogP contribution in [0.4, 0.5) is 8.78 Å². The van der Waals surface area contributed by atoms with E-state index >= 15 is 0 Å². The number of carboxylic acids is 1. The third kappa shape index (κ3) is 4.31. The average Bonchev–Trinajstić information content (AvgIpc) is 2.66. The van der Waals surface area contributed by atoms with Gasteiger partial charge in [0.05, 0.1) is 23.6 Å². The molecule has 1 heterocycles. The van der Waals surface area contributed by atoms with E-state index in [9.17, 15) is 18.4 Å². The Morgan fingerprint density at radius 1 is 1.39 bits per heavy atom. The van der Waals surface area contributed by atoms with Gasteiger partial charge >= 0.3 is 5.97 Å². The van der Waals surface area contributed by atoms with Gasteiger partial charge in [0, 0.05) is 30.0 Å². The van der Waals surface area contributed by atoms with Gasteiger partial charge in [-0.05, 0) is 18.1 Å². The molecule has 0 aliphatic heterocycles. The number of pyridine rings is 1. The number of para-hydroxylation sites is 1. The number of carboxylic acid groups (broad SMARTS) is 1. The maximum absolute atomic E-state index is 13.4. The van der Waals surface area contributed by atoms with E-state index in [0.717, 1.165) is 11.1 Å². The normalized spacial score (nSPS) is 16.7. The zero-order chi connectivity index (χ0) is 20.3.